The van der Waals surface area contributed by atoms with Crippen molar-refractivity contribution in [3.8, 4) is 11.3 Å². The number of benzene rings is 1. The fourth-order valence-corrected chi connectivity index (χ4v) is 2.39. The predicted molar refractivity (Wildman–Crippen MR) is 84.3 cm³/mol. The molecule has 0 aliphatic rings. The van der Waals surface area contributed by atoms with Gasteiger partial charge in [0.1, 0.15) is 11.2 Å². The Morgan fingerprint density at radius 3 is 2.62 bits per heavy atom. The topological polar surface area (TPSA) is 47.8 Å². The summed E-state index contributed by atoms with van der Waals surface area (Å²) in [4.78, 5) is 16.8. The minimum atomic E-state index is -0.0733. The van der Waals surface area contributed by atoms with Crippen molar-refractivity contribution in [2.75, 3.05) is 0 Å². The number of pyridine rings is 1. The zero-order valence-electron chi connectivity index (χ0n) is 12.2. The Hall–Kier alpha value is -2.49. The molecule has 21 heavy (non-hydrogen) atoms. The van der Waals surface area contributed by atoms with Crippen molar-refractivity contribution in [3.05, 3.63) is 58.5 Å². The van der Waals surface area contributed by atoms with Crippen LogP contribution in [0.15, 0.2) is 47.4 Å². The first-order valence-corrected chi connectivity index (χ1v) is 7.13. The van der Waals surface area contributed by atoms with Crippen molar-refractivity contribution in [3.63, 3.8) is 0 Å². The van der Waals surface area contributed by atoms with E-state index in [4.69, 9.17) is 0 Å². The molecule has 0 atom stereocenters. The van der Waals surface area contributed by atoms with Crippen LogP contribution in [-0.2, 0) is 6.54 Å². The van der Waals surface area contributed by atoms with E-state index in [1.807, 2.05) is 44.2 Å². The standard InChI is InChI=1S/C17H17N3O/c1-3-11-20-17(21)14-5-4-10-18-16(14)15(19-20)13-8-6-12(2)7-9-13/h4-10H,3,11H2,1-2H3. The van der Waals surface area contributed by atoms with Gasteiger partial charge < -0.3 is 0 Å². The van der Waals surface area contributed by atoms with Gasteiger partial charge in [0, 0.05) is 18.3 Å². The van der Waals surface area contributed by atoms with Gasteiger partial charge in [-0.05, 0) is 25.5 Å². The van der Waals surface area contributed by atoms with Crippen LogP contribution in [-0.4, -0.2) is 14.8 Å². The van der Waals surface area contributed by atoms with E-state index < -0.39 is 0 Å². The van der Waals surface area contributed by atoms with E-state index in [9.17, 15) is 4.79 Å². The van der Waals surface area contributed by atoms with Crippen molar-refractivity contribution in [2.45, 2.75) is 26.8 Å². The molecule has 0 aliphatic carbocycles. The smallest absolute Gasteiger partial charge is 0.267 e. The maximum atomic E-state index is 12.4. The summed E-state index contributed by atoms with van der Waals surface area (Å²) < 4.78 is 1.54. The van der Waals surface area contributed by atoms with E-state index in [0.29, 0.717) is 17.4 Å². The second-order valence-corrected chi connectivity index (χ2v) is 5.14. The highest BCUT2D eigenvalue weighted by Gasteiger charge is 2.12. The van der Waals surface area contributed by atoms with Gasteiger partial charge in [-0.3, -0.25) is 9.78 Å². The van der Waals surface area contributed by atoms with Gasteiger partial charge in [0.25, 0.3) is 5.56 Å². The molecule has 0 fully saturated rings. The summed E-state index contributed by atoms with van der Waals surface area (Å²) in [6.45, 7) is 4.70. The number of hydrogen-bond donors (Lipinski definition) is 0. The van der Waals surface area contributed by atoms with Crippen LogP contribution in [0, 0.1) is 6.92 Å². The number of hydrogen-bond acceptors (Lipinski definition) is 3. The zero-order valence-corrected chi connectivity index (χ0v) is 12.2. The molecule has 106 valence electrons. The van der Waals surface area contributed by atoms with Crippen molar-refractivity contribution < 1.29 is 0 Å². The molecule has 0 unspecified atom stereocenters. The second-order valence-electron chi connectivity index (χ2n) is 5.14. The Balaban J connectivity index is 2.33. The third-order valence-electron chi connectivity index (χ3n) is 3.48. The molecule has 2 heterocycles. The van der Waals surface area contributed by atoms with Crippen molar-refractivity contribution in [1.29, 1.82) is 0 Å². The van der Waals surface area contributed by atoms with Crippen molar-refractivity contribution in [1.82, 2.24) is 14.8 Å². The molecule has 1 aromatic carbocycles. The first-order valence-electron chi connectivity index (χ1n) is 7.13. The van der Waals surface area contributed by atoms with Crippen LogP contribution in [0.25, 0.3) is 22.2 Å². The lowest BCUT2D eigenvalue weighted by atomic mass is 10.1. The summed E-state index contributed by atoms with van der Waals surface area (Å²) in [5.74, 6) is 0. The molecule has 3 rings (SSSR count). The number of aromatic nitrogens is 3. The molecule has 4 nitrogen and oxygen atoms in total. The minimum Gasteiger partial charge on any atom is -0.267 e. The Morgan fingerprint density at radius 1 is 1.14 bits per heavy atom. The predicted octanol–water partition coefficient (Wildman–Crippen LogP) is 3.18. The van der Waals surface area contributed by atoms with Crippen LogP contribution < -0.4 is 5.56 Å². The van der Waals surface area contributed by atoms with Gasteiger partial charge in [-0.15, -0.1) is 0 Å². The summed E-state index contributed by atoms with van der Waals surface area (Å²) in [5, 5.41) is 5.15. The molecule has 4 heteroatoms. The highest BCUT2D eigenvalue weighted by molar-refractivity contribution is 5.90. The summed E-state index contributed by atoms with van der Waals surface area (Å²) in [6, 6.07) is 11.7. The van der Waals surface area contributed by atoms with Crippen LogP contribution in [0.4, 0.5) is 0 Å². The van der Waals surface area contributed by atoms with Gasteiger partial charge in [-0.1, -0.05) is 36.8 Å². The number of fused-ring (bicyclic) bond motifs is 1. The maximum absolute atomic E-state index is 12.4. The average Bonchev–Trinajstić information content (AvgIpc) is 2.51. The van der Waals surface area contributed by atoms with E-state index in [1.54, 1.807) is 16.9 Å². The molecule has 0 N–H and O–H groups in total. The number of rotatable bonds is 3. The van der Waals surface area contributed by atoms with E-state index in [0.717, 1.165) is 17.7 Å². The molecule has 0 bridgehead atoms. The summed E-state index contributed by atoms with van der Waals surface area (Å²) in [6.07, 6.45) is 2.57. The fraction of sp³-hybridized carbons (Fsp3) is 0.235. The maximum Gasteiger partial charge on any atom is 0.276 e. The van der Waals surface area contributed by atoms with Gasteiger partial charge in [0.2, 0.25) is 0 Å². The molecule has 0 aliphatic heterocycles. The van der Waals surface area contributed by atoms with Crippen LogP contribution in [0.3, 0.4) is 0 Å². The second kappa shape index (κ2) is 5.48. The van der Waals surface area contributed by atoms with E-state index in [-0.39, 0.29) is 5.56 Å². The van der Waals surface area contributed by atoms with Gasteiger partial charge in [0.05, 0.1) is 5.39 Å². The van der Waals surface area contributed by atoms with Gasteiger partial charge in [-0.2, -0.15) is 5.10 Å². The van der Waals surface area contributed by atoms with Gasteiger partial charge in [-0.25, -0.2) is 4.68 Å². The third-order valence-corrected chi connectivity index (χ3v) is 3.48. The Morgan fingerprint density at radius 2 is 1.90 bits per heavy atom. The molecule has 3 aromatic rings. The third kappa shape index (κ3) is 2.44. The fourth-order valence-electron chi connectivity index (χ4n) is 2.39. The first kappa shape index (κ1) is 13.5. The Bertz CT molecular complexity index is 835. The molecule has 0 amide bonds. The summed E-state index contributed by atoms with van der Waals surface area (Å²) in [5.41, 5.74) is 3.53. The lowest BCUT2D eigenvalue weighted by Gasteiger charge is -2.10. The van der Waals surface area contributed by atoms with E-state index in [2.05, 4.69) is 10.1 Å². The lowest BCUT2D eigenvalue weighted by molar-refractivity contribution is 0.576. The molecular weight excluding hydrogens is 262 g/mol. The van der Waals surface area contributed by atoms with Crippen LogP contribution in [0.1, 0.15) is 18.9 Å². The highest BCUT2D eigenvalue weighted by Crippen LogP contribution is 2.23. The van der Waals surface area contributed by atoms with E-state index in [1.165, 1.54) is 5.56 Å². The summed E-state index contributed by atoms with van der Waals surface area (Å²) >= 11 is 0. The largest absolute Gasteiger partial charge is 0.276 e. The van der Waals surface area contributed by atoms with Crippen LogP contribution >= 0.6 is 0 Å². The van der Waals surface area contributed by atoms with Crippen molar-refractivity contribution in [2.24, 2.45) is 0 Å². The monoisotopic (exact) mass is 279 g/mol. The minimum absolute atomic E-state index is 0.0733. The Kier molecular flexibility index (Phi) is 3.52. The molecule has 0 saturated heterocycles. The lowest BCUT2D eigenvalue weighted by Crippen LogP contribution is -2.24. The highest BCUT2D eigenvalue weighted by atomic mass is 16.1. The Labute approximate surface area is 123 Å². The average molecular weight is 279 g/mol. The quantitative estimate of drug-likeness (QED) is 0.740. The van der Waals surface area contributed by atoms with Crippen LogP contribution in [0.2, 0.25) is 0 Å². The first-order chi connectivity index (χ1) is 10.2. The number of nitrogens with zero attached hydrogens (tertiary/aromatic N) is 3. The number of aryl methyl sites for hydroxylation is 2. The summed E-state index contributed by atoms with van der Waals surface area (Å²) in [7, 11) is 0. The van der Waals surface area contributed by atoms with Gasteiger partial charge >= 0.3 is 0 Å². The molecule has 0 radical (unpaired) electrons. The van der Waals surface area contributed by atoms with Crippen LogP contribution in [0.5, 0.6) is 0 Å². The molecule has 2 aromatic heterocycles. The normalized spacial score (nSPS) is 11.0. The van der Waals surface area contributed by atoms with Crippen molar-refractivity contribution >= 4 is 10.9 Å². The van der Waals surface area contributed by atoms with E-state index >= 15 is 0 Å². The zero-order chi connectivity index (χ0) is 14.8. The molecular formula is C17H17N3O. The SMILES string of the molecule is CCCn1nc(-c2ccc(C)cc2)c2ncccc2c1=O. The van der Waals surface area contributed by atoms with Gasteiger partial charge in [0.15, 0.2) is 0 Å². The molecule has 0 spiro atoms. The molecule has 0 saturated carbocycles.